The zero-order valence-electron chi connectivity index (χ0n) is 19.1. The van der Waals surface area contributed by atoms with E-state index in [1.165, 1.54) is 0 Å². The summed E-state index contributed by atoms with van der Waals surface area (Å²) in [4.78, 5) is 39.8. The Morgan fingerprint density at radius 1 is 0.912 bits per heavy atom. The topological polar surface area (TPSA) is 78.5 Å². The van der Waals surface area contributed by atoms with Crippen molar-refractivity contribution in [2.75, 3.05) is 15.5 Å². The van der Waals surface area contributed by atoms with Crippen molar-refractivity contribution in [3.8, 4) is 0 Å². The van der Waals surface area contributed by atoms with Gasteiger partial charge >= 0.3 is 0 Å². The third kappa shape index (κ3) is 4.45. The molecule has 34 heavy (non-hydrogen) atoms. The number of hydrogen-bond donors (Lipinski definition) is 2. The Morgan fingerprint density at radius 3 is 2.32 bits per heavy atom. The molecule has 7 heteroatoms. The van der Waals surface area contributed by atoms with Crippen LogP contribution in [0.2, 0.25) is 0 Å². The van der Waals surface area contributed by atoms with Gasteiger partial charge in [-0.15, -0.1) is 0 Å². The van der Waals surface area contributed by atoms with Crippen molar-refractivity contribution in [3.63, 3.8) is 0 Å². The number of carbonyl (C=O) groups is 3. The van der Waals surface area contributed by atoms with Crippen molar-refractivity contribution in [1.82, 2.24) is 0 Å². The number of rotatable bonds is 6. The molecule has 1 aliphatic rings. The molecule has 3 aromatic rings. The molecule has 172 valence electrons. The molecule has 0 saturated heterocycles. The van der Waals surface area contributed by atoms with Gasteiger partial charge in [0.1, 0.15) is 10.7 Å². The summed E-state index contributed by atoms with van der Waals surface area (Å²) >= 11 is 6.27. The van der Waals surface area contributed by atoms with Gasteiger partial charge in [-0.25, -0.2) is 4.90 Å². The molecule has 1 aliphatic heterocycles. The van der Waals surface area contributed by atoms with Crippen LogP contribution >= 0.6 is 11.6 Å². The van der Waals surface area contributed by atoms with Gasteiger partial charge in [-0.1, -0.05) is 60.5 Å². The molecular formula is C27H24ClN3O3. The molecule has 3 amide bonds. The molecule has 0 bridgehead atoms. The summed E-state index contributed by atoms with van der Waals surface area (Å²) in [7, 11) is 0. The predicted molar refractivity (Wildman–Crippen MR) is 135 cm³/mol. The van der Waals surface area contributed by atoms with Crippen LogP contribution in [0, 0.1) is 13.8 Å². The molecule has 2 N–H and O–H groups in total. The highest BCUT2D eigenvalue weighted by Crippen LogP contribution is 2.31. The maximum atomic E-state index is 13.1. The molecular weight excluding hydrogens is 450 g/mol. The Labute approximate surface area is 203 Å². The monoisotopic (exact) mass is 473 g/mol. The van der Waals surface area contributed by atoms with E-state index in [0.29, 0.717) is 16.9 Å². The summed E-state index contributed by atoms with van der Waals surface area (Å²) in [5, 5.41) is 5.73. The number of nitrogens with zero attached hydrogens (tertiary/aromatic N) is 1. The number of benzene rings is 3. The number of anilines is 3. The van der Waals surface area contributed by atoms with E-state index in [-0.39, 0.29) is 16.6 Å². The van der Waals surface area contributed by atoms with Crippen molar-refractivity contribution in [2.45, 2.75) is 27.2 Å². The number of hydrogen-bond acceptors (Lipinski definition) is 4. The largest absolute Gasteiger partial charge is 0.349 e. The zero-order valence-corrected chi connectivity index (χ0v) is 19.9. The summed E-state index contributed by atoms with van der Waals surface area (Å²) in [6.07, 6.45) is 0.789. The highest BCUT2D eigenvalue weighted by Gasteiger charge is 2.39. The Kier molecular flexibility index (Phi) is 6.52. The van der Waals surface area contributed by atoms with Gasteiger partial charge in [0.2, 0.25) is 0 Å². The lowest BCUT2D eigenvalue weighted by Crippen LogP contribution is -2.32. The fourth-order valence-corrected chi connectivity index (χ4v) is 3.93. The van der Waals surface area contributed by atoms with Crippen LogP contribution in [0.5, 0.6) is 0 Å². The van der Waals surface area contributed by atoms with E-state index in [1.807, 2.05) is 57.2 Å². The van der Waals surface area contributed by atoms with Gasteiger partial charge in [0.25, 0.3) is 17.7 Å². The summed E-state index contributed by atoms with van der Waals surface area (Å²) in [5.41, 5.74) is 4.91. The number of nitrogens with one attached hydrogen (secondary N) is 2. The molecule has 0 fully saturated rings. The first kappa shape index (κ1) is 23.3. The molecule has 0 unspecified atom stereocenters. The Hall–Kier alpha value is -3.90. The third-order valence-electron chi connectivity index (χ3n) is 5.73. The number of halogens is 1. The number of amides is 3. The van der Waals surface area contributed by atoms with Gasteiger partial charge in [0.15, 0.2) is 0 Å². The number of carbonyl (C=O) groups excluding carboxylic acids is 3. The lowest BCUT2D eigenvalue weighted by Gasteiger charge is -2.16. The van der Waals surface area contributed by atoms with Crippen LogP contribution in [0.25, 0.3) is 0 Å². The molecule has 0 aromatic heterocycles. The van der Waals surface area contributed by atoms with E-state index >= 15 is 0 Å². The summed E-state index contributed by atoms with van der Waals surface area (Å²) in [6, 6.07) is 19.8. The van der Waals surface area contributed by atoms with E-state index in [0.717, 1.165) is 33.7 Å². The fraction of sp³-hybridized carbons (Fsp3) is 0.148. The van der Waals surface area contributed by atoms with Crippen molar-refractivity contribution in [2.24, 2.45) is 0 Å². The lowest BCUT2D eigenvalue weighted by molar-refractivity contribution is -0.120. The predicted octanol–water partition coefficient (Wildman–Crippen LogP) is 5.55. The second-order valence-electron chi connectivity index (χ2n) is 8.09. The van der Waals surface area contributed by atoms with E-state index in [1.54, 1.807) is 30.3 Å². The van der Waals surface area contributed by atoms with Crippen LogP contribution in [0.1, 0.15) is 34.0 Å². The zero-order chi connectivity index (χ0) is 24.4. The molecule has 0 radical (unpaired) electrons. The first-order valence-corrected chi connectivity index (χ1v) is 11.3. The third-order valence-corrected chi connectivity index (χ3v) is 6.08. The van der Waals surface area contributed by atoms with Gasteiger partial charge in [0.05, 0.1) is 5.69 Å². The maximum absolute atomic E-state index is 13.1. The summed E-state index contributed by atoms with van der Waals surface area (Å²) in [6.45, 7) is 5.78. The van der Waals surface area contributed by atoms with Gasteiger partial charge in [-0.2, -0.15) is 0 Å². The molecule has 0 saturated carbocycles. The standard InChI is InChI=1S/C27H24ClN3O3/c1-4-18-7-5-6-8-21(18)30-25(32)19-12-11-17(3)22(15-19)29-24-23(28)26(33)31(27(24)34)20-13-9-16(2)10-14-20/h5-15,29H,4H2,1-3H3,(H,30,32). The van der Waals surface area contributed by atoms with E-state index in [9.17, 15) is 14.4 Å². The van der Waals surface area contributed by atoms with Crippen LogP contribution < -0.4 is 15.5 Å². The number of para-hydroxylation sites is 1. The van der Waals surface area contributed by atoms with Crippen molar-refractivity contribution < 1.29 is 14.4 Å². The fourth-order valence-electron chi connectivity index (χ4n) is 3.72. The second kappa shape index (κ2) is 9.53. The summed E-state index contributed by atoms with van der Waals surface area (Å²) in [5.74, 6) is -1.43. The van der Waals surface area contributed by atoms with E-state index < -0.39 is 11.8 Å². The first-order valence-electron chi connectivity index (χ1n) is 10.9. The van der Waals surface area contributed by atoms with Gasteiger partial charge in [0, 0.05) is 16.9 Å². The number of aryl methyl sites for hydroxylation is 3. The molecule has 6 nitrogen and oxygen atoms in total. The molecule has 3 aromatic carbocycles. The number of imide groups is 1. The van der Waals surface area contributed by atoms with Gasteiger partial charge in [-0.3, -0.25) is 14.4 Å². The van der Waals surface area contributed by atoms with Crippen molar-refractivity contribution in [3.05, 3.63) is 99.7 Å². The van der Waals surface area contributed by atoms with Crippen molar-refractivity contribution in [1.29, 1.82) is 0 Å². The van der Waals surface area contributed by atoms with Crippen LogP contribution in [0.4, 0.5) is 17.1 Å². The van der Waals surface area contributed by atoms with Crippen LogP contribution in [0.15, 0.2) is 77.5 Å². The first-order chi connectivity index (χ1) is 16.3. The van der Waals surface area contributed by atoms with Crippen LogP contribution in [-0.4, -0.2) is 17.7 Å². The molecule has 4 rings (SSSR count). The average Bonchev–Trinajstić information content (AvgIpc) is 3.04. The molecule has 1 heterocycles. The van der Waals surface area contributed by atoms with Crippen LogP contribution in [-0.2, 0) is 16.0 Å². The normalized spacial score (nSPS) is 13.5. The Bertz CT molecular complexity index is 1330. The van der Waals surface area contributed by atoms with Gasteiger partial charge < -0.3 is 10.6 Å². The highest BCUT2D eigenvalue weighted by molar-refractivity contribution is 6.53. The van der Waals surface area contributed by atoms with E-state index in [4.69, 9.17) is 11.6 Å². The summed E-state index contributed by atoms with van der Waals surface area (Å²) < 4.78 is 0. The SMILES string of the molecule is CCc1ccccc1NC(=O)c1ccc(C)c(NC2=C(Cl)C(=O)N(c3ccc(C)cc3)C2=O)c1. The minimum atomic E-state index is -0.597. The average molecular weight is 474 g/mol. The van der Waals surface area contributed by atoms with Gasteiger partial charge in [-0.05, 0) is 61.7 Å². The smallest absolute Gasteiger partial charge is 0.283 e. The van der Waals surface area contributed by atoms with Crippen LogP contribution in [0.3, 0.4) is 0 Å². The Morgan fingerprint density at radius 2 is 1.62 bits per heavy atom. The quantitative estimate of drug-likeness (QED) is 0.460. The molecule has 0 atom stereocenters. The maximum Gasteiger partial charge on any atom is 0.283 e. The molecule has 0 aliphatic carbocycles. The minimum Gasteiger partial charge on any atom is -0.349 e. The second-order valence-corrected chi connectivity index (χ2v) is 8.47. The lowest BCUT2D eigenvalue weighted by atomic mass is 10.1. The molecule has 0 spiro atoms. The Balaban J connectivity index is 1.59. The minimum absolute atomic E-state index is 0.0239. The van der Waals surface area contributed by atoms with E-state index in [2.05, 4.69) is 10.6 Å². The highest BCUT2D eigenvalue weighted by atomic mass is 35.5. The van der Waals surface area contributed by atoms with Crippen molar-refractivity contribution >= 4 is 46.4 Å².